The molecule has 20 heteroatoms. The SMILES string of the molecule is CCCCCCCCCCCCCC1CC(=O)N[C@@H](CCC(=O)OCCCCCC)C(=O)NC(CC(C)C)C(=O)N[C@H](CC(C)C)C(=O)N[C@@H](C(C)C)C(=O)NC(CC(=O)O)C(=O)N[C@H](CC(C)C)C(=O)NC(CC(C)C)C(=O)O1. The average molecular weight is 1130 g/mol. The van der Waals surface area contributed by atoms with Crippen molar-refractivity contribution >= 4 is 59.3 Å². The highest BCUT2D eigenvalue weighted by atomic mass is 16.5. The van der Waals surface area contributed by atoms with Crippen LogP contribution >= 0.6 is 0 Å². The fourth-order valence-electron chi connectivity index (χ4n) is 9.58. The van der Waals surface area contributed by atoms with Gasteiger partial charge in [0.05, 0.1) is 19.4 Å². The Morgan fingerprint density at radius 1 is 0.475 bits per heavy atom. The summed E-state index contributed by atoms with van der Waals surface area (Å²) in [5, 5.41) is 28.8. The molecule has 0 radical (unpaired) electrons. The maximum absolute atomic E-state index is 14.5. The number of amides is 7. The largest absolute Gasteiger partial charge is 0.481 e. The van der Waals surface area contributed by atoms with Crippen molar-refractivity contribution in [3.8, 4) is 0 Å². The number of unbranched alkanes of at least 4 members (excludes halogenated alkanes) is 13. The van der Waals surface area contributed by atoms with Crippen LogP contribution in [0.2, 0.25) is 0 Å². The lowest BCUT2D eigenvalue weighted by Crippen LogP contribution is -2.61. The first-order valence-corrected chi connectivity index (χ1v) is 30.5. The van der Waals surface area contributed by atoms with Gasteiger partial charge in [-0.3, -0.25) is 43.2 Å². The molecule has 4 unspecified atom stereocenters. The summed E-state index contributed by atoms with van der Waals surface area (Å²) in [5.74, 6) is -9.80. The maximum atomic E-state index is 14.5. The molecule has 80 heavy (non-hydrogen) atoms. The smallest absolute Gasteiger partial charge is 0.328 e. The van der Waals surface area contributed by atoms with E-state index in [1.54, 1.807) is 27.7 Å². The number of ether oxygens (including phenoxy) is 2. The van der Waals surface area contributed by atoms with E-state index in [1.165, 1.54) is 32.1 Å². The van der Waals surface area contributed by atoms with Crippen molar-refractivity contribution in [2.75, 3.05) is 6.61 Å². The molecule has 460 valence electrons. The molecule has 1 fully saturated rings. The molecule has 0 aliphatic carbocycles. The summed E-state index contributed by atoms with van der Waals surface area (Å²) in [7, 11) is 0. The van der Waals surface area contributed by atoms with Crippen LogP contribution in [0.3, 0.4) is 0 Å². The average Bonchev–Trinajstić information content (AvgIpc) is 3.35. The number of hydrogen-bond donors (Lipinski definition) is 8. The molecule has 1 heterocycles. The van der Waals surface area contributed by atoms with Crippen LogP contribution in [0.15, 0.2) is 0 Å². The summed E-state index contributed by atoms with van der Waals surface area (Å²) in [6.45, 7) is 22.3. The van der Waals surface area contributed by atoms with Crippen molar-refractivity contribution in [1.29, 1.82) is 0 Å². The Kier molecular flexibility index (Phi) is 37.1. The van der Waals surface area contributed by atoms with Gasteiger partial charge in [-0.1, -0.05) is 167 Å². The highest BCUT2D eigenvalue weighted by molar-refractivity contribution is 5.98. The van der Waals surface area contributed by atoms with Gasteiger partial charge in [-0.15, -0.1) is 0 Å². The second-order valence-corrected chi connectivity index (χ2v) is 24.2. The number of carboxylic acid groups (broad SMARTS) is 1. The van der Waals surface area contributed by atoms with Gasteiger partial charge in [0.25, 0.3) is 0 Å². The van der Waals surface area contributed by atoms with E-state index in [4.69, 9.17) is 9.47 Å². The normalized spacial score (nSPS) is 22.9. The van der Waals surface area contributed by atoms with Crippen molar-refractivity contribution in [3.05, 3.63) is 0 Å². The van der Waals surface area contributed by atoms with Crippen molar-refractivity contribution < 1.29 is 62.5 Å². The molecule has 20 nitrogen and oxygen atoms in total. The Bertz CT molecular complexity index is 1910. The summed E-state index contributed by atoms with van der Waals surface area (Å²) >= 11 is 0. The highest BCUT2D eigenvalue weighted by Crippen LogP contribution is 2.19. The fraction of sp³-hybridized carbons (Fsp3) is 0.833. The molecular weight excluding hydrogens is 1030 g/mol. The van der Waals surface area contributed by atoms with Crippen LogP contribution in [0.25, 0.3) is 0 Å². The lowest BCUT2D eigenvalue weighted by molar-refractivity contribution is -0.155. The van der Waals surface area contributed by atoms with Gasteiger partial charge in [-0.25, -0.2) is 4.79 Å². The van der Waals surface area contributed by atoms with Gasteiger partial charge in [-0.05, 0) is 81.0 Å². The van der Waals surface area contributed by atoms with Crippen LogP contribution in [-0.4, -0.2) is 119 Å². The summed E-state index contributed by atoms with van der Waals surface area (Å²) in [4.78, 5) is 140. The molecule has 0 aromatic carbocycles. The monoisotopic (exact) mass is 1130 g/mol. The van der Waals surface area contributed by atoms with Gasteiger partial charge >= 0.3 is 17.9 Å². The number of carbonyl (C=O) groups excluding carboxylic acids is 9. The van der Waals surface area contributed by atoms with Crippen LogP contribution in [0.4, 0.5) is 0 Å². The van der Waals surface area contributed by atoms with Gasteiger partial charge in [0, 0.05) is 6.42 Å². The Labute approximate surface area is 479 Å². The zero-order valence-electron chi connectivity index (χ0n) is 51.0. The lowest BCUT2D eigenvalue weighted by Gasteiger charge is -2.29. The predicted octanol–water partition coefficient (Wildman–Crippen LogP) is 7.62. The zero-order chi connectivity index (χ0) is 60.3. The minimum atomic E-state index is -1.72. The first-order chi connectivity index (χ1) is 37.8. The van der Waals surface area contributed by atoms with Crippen molar-refractivity contribution in [3.63, 3.8) is 0 Å². The van der Waals surface area contributed by atoms with E-state index in [0.29, 0.717) is 12.8 Å². The molecule has 1 rings (SSSR count). The standard InChI is InChI=1S/C60H107N7O13/c1-13-15-17-19-20-21-22-23-24-25-26-28-43-36-50(68)61-44(29-30-52(71)79-31-27-18-16-14-2)54(72)62-45(32-38(3)4)55(73)64-47(34-40(7)8)58(76)67-53(42(11)12)59(77)65-48(37-51(69)70)57(75)63-46(33-39(5)6)56(74)66-49(35-41(9)10)60(78)80-43/h38-49,53H,13-37H2,1-12H3,(H,61,68)(H,62,72)(H,63,75)(H,64,73)(H,65,77)(H,66,74)(H,67,76)(H,69,70)/t43?,44-,45?,46+,47+,48?,49?,53-/m0/s1. The Balaban J connectivity index is 3.99. The molecule has 0 bridgehead atoms. The summed E-state index contributed by atoms with van der Waals surface area (Å²) in [6.07, 6.45) is 13.0. The maximum Gasteiger partial charge on any atom is 0.328 e. The number of cyclic esters (lactones) is 1. The number of nitrogens with one attached hydrogen (secondary N) is 7. The van der Waals surface area contributed by atoms with Crippen LogP contribution < -0.4 is 37.2 Å². The van der Waals surface area contributed by atoms with Crippen molar-refractivity contribution in [1.82, 2.24) is 37.2 Å². The molecular formula is C60H107N7O13. The first kappa shape index (κ1) is 72.7. The van der Waals surface area contributed by atoms with Crippen molar-refractivity contribution in [2.24, 2.45) is 29.6 Å². The van der Waals surface area contributed by atoms with E-state index in [-0.39, 0.29) is 81.6 Å². The van der Waals surface area contributed by atoms with Crippen LogP contribution in [0, 0.1) is 29.6 Å². The van der Waals surface area contributed by atoms with E-state index in [9.17, 15) is 53.1 Å². The molecule has 0 aromatic heterocycles. The predicted molar refractivity (Wildman–Crippen MR) is 308 cm³/mol. The lowest BCUT2D eigenvalue weighted by atomic mass is 9.98. The van der Waals surface area contributed by atoms with Crippen LogP contribution in [-0.2, 0) is 57.4 Å². The number of esters is 2. The second-order valence-electron chi connectivity index (χ2n) is 24.2. The Morgan fingerprint density at radius 2 is 0.863 bits per heavy atom. The topological polar surface area (TPSA) is 294 Å². The van der Waals surface area contributed by atoms with E-state index in [2.05, 4.69) is 51.1 Å². The fourth-order valence-corrected chi connectivity index (χ4v) is 9.58. The minimum Gasteiger partial charge on any atom is -0.481 e. The minimum absolute atomic E-state index is 0.0491. The number of carbonyl (C=O) groups is 10. The molecule has 7 amide bonds. The third kappa shape index (κ3) is 32.2. The van der Waals surface area contributed by atoms with E-state index in [0.717, 1.165) is 51.4 Å². The van der Waals surface area contributed by atoms with E-state index < -0.39 is 120 Å². The van der Waals surface area contributed by atoms with Gasteiger partial charge < -0.3 is 51.8 Å². The highest BCUT2D eigenvalue weighted by Gasteiger charge is 2.37. The third-order valence-electron chi connectivity index (χ3n) is 14.0. The van der Waals surface area contributed by atoms with Crippen LogP contribution in [0.1, 0.15) is 237 Å². The second kappa shape index (κ2) is 40.8. The number of carboxylic acids is 1. The molecule has 1 aliphatic heterocycles. The molecule has 1 aliphatic rings. The molecule has 8 N–H and O–H groups in total. The number of aliphatic carboxylic acids is 1. The van der Waals surface area contributed by atoms with Crippen LogP contribution in [0.5, 0.6) is 0 Å². The molecule has 0 aromatic rings. The number of rotatable bonds is 31. The van der Waals surface area contributed by atoms with E-state index in [1.807, 2.05) is 41.5 Å². The van der Waals surface area contributed by atoms with Gasteiger partial charge in [-0.2, -0.15) is 0 Å². The third-order valence-corrected chi connectivity index (χ3v) is 14.0. The molecule has 0 spiro atoms. The molecule has 0 saturated carbocycles. The quantitative estimate of drug-likeness (QED) is 0.0245. The van der Waals surface area contributed by atoms with E-state index >= 15 is 0 Å². The van der Waals surface area contributed by atoms with Gasteiger partial charge in [0.1, 0.15) is 48.4 Å². The summed E-state index contributed by atoms with van der Waals surface area (Å²) in [6, 6.07) is -9.48. The van der Waals surface area contributed by atoms with Crippen molar-refractivity contribution in [2.45, 2.75) is 286 Å². The Hall–Kier alpha value is -5.30. The number of hydrogen-bond acceptors (Lipinski definition) is 12. The first-order valence-electron chi connectivity index (χ1n) is 30.5. The summed E-state index contributed by atoms with van der Waals surface area (Å²) < 4.78 is 11.6. The zero-order valence-corrected chi connectivity index (χ0v) is 51.0. The molecule has 1 saturated heterocycles. The van der Waals surface area contributed by atoms with Gasteiger partial charge in [0.15, 0.2) is 0 Å². The summed E-state index contributed by atoms with van der Waals surface area (Å²) in [5.41, 5.74) is 0. The van der Waals surface area contributed by atoms with Gasteiger partial charge in [0.2, 0.25) is 41.4 Å². The Morgan fingerprint density at radius 3 is 1.31 bits per heavy atom. The molecule has 8 atom stereocenters.